The van der Waals surface area contributed by atoms with Gasteiger partial charge in [-0.3, -0.25) is 0 Å². The predicted molar refractivity (Wildman–Crippen MR) is 82.2 cm³/mol. The van der Waals surface area contributed by atoms with E-state index in [1.807, 2.05) is 46.9 Å². The molecule has 1 fully saturated rings. The highest BCUT2D eigenvalue weighted by Gasteiger charge is 2.52. The van der Waals surface area contributed by atoms with Crippen LogP contribution in [0.5, 0.6) is 0 Å². The van der Waals surface area contributed by atoms with E-state index in [9.17, 15) is 0 Å². The van der Waals surface area contributed by atoms with Crippen LogP contribution in [-0.2, 0) is 9.31 Å². The Kier molecular flexibility index (Phi) is 4.09. The molecule has 0 aromatic carbocycles. The zero-order valence-corrected chi connectivity index (χ0v) is 13.0. The third kappa shape index (κ3) is 2.82. The highest BCUT2D eigenvalue weighted by molar-refractivity contribution is 6.62. The molecule has 1 aromatic heterocycles. The quantitative estimate of drug-likeness (QED) is 0.805. The minimum Gasteiger partial charge on any atom is -0.399 e. The smallest absolute Gasteiger partial charge is 0.399 e. The van der Waals surface area contributed by atoms with Gasteiger partial charge in [0.1, 0.15) is 5.82 Å². The van der Waals surface area contributed by atoms with E-state index in [0.717, 1.165) is 16.8 Å². The number of anilines is 1. The molecule has 20 heavy (non-hydrogen) atoms. The van der Waals surface area contributed by atoms with E-state index in [-0.39, 0.29) is 18.3 Å². The van der Waals surface area contributed by atoms with Gasteiger partial charge in [0.15, 0.2) is 0 Å². The van der Waals surface area contributed by atoms with Crippen LogP contribution >= 0.6 is 0 Å². The van der Waals surface area contributed by atoms with Crippen LogP contribution in [0, 0.1) is 6.92 Å². The largest absolute Gasteiger partial charge is 0.496 e. The van der Waals surface area contributed by atoms with Crippen molar-refractivity contribution in [1.29, 1.82) is 0 Å². The van der Waals surface area contributed by atoms with Crippen LogP contribution in [0.2, 0.25) is 0 Å². The standard InChI is InChI=1S/C14H24BN3O2/c1-10-8-12(17-7-6-16)18-9-11(10)15-19-13(2,3)14(4,5)20-15/h8-9H,6-7,16H2,1-5H3,(H,17,18). The molecule has 5 nitrogen and oxygen atoms in total. The fourth-order valence-corrected chi connectivity index (χ4v) is 2.08. The lowest BCUT2D eigenvalue weighted by molar-refractivity contribution is 0.00578. The molecule has 0 bridgehead atoms. The second kappa shape index (κ2) is 5.35. The van der Waals surface area contributed by atoms with Crippen molar-refractivity contribution < 1.29 is 9.31 Å². The summed E-state index contributed by atoms with van der Waals surface area (Å²) >= 11 is 0. The number of nitrogens with two attached hydrogens (primary N) is 1. The summed E-state index contributed by atoms with van der Waals surface area (Å²) in [4.78, 5) is 4.39. The Morgan fingerprint density at radius 1 is 1.25 bits per heavy atom. The van der Waals surface area contributed by atoms with Gasteiger partial charge in [0.25, 0.3) is 0 Å². The van der Waals surface area contributed by atoms with E-state index in [4.69, 9.17) is 15.0 Å². The molecular formula is C14H24BN3O2. The highest BCUT2D eigenvalue weighted by atomic mass is 16.7. The first-order chi connectivity index (χ1) is 9.27. The number of nitrogens with zero attached hydrogens (tertiary/aromatic N) is 1. The van der Waals surface area contributed by atoms with E-state index in [0.29, 0.717) is 13.1 Å². The number of aromatic nitrogens is 1. The molecule has 0 spiro atoms. The van der Waals surface area contributed by atoms with Crippen molar-refractivity contribution in [3.63, 3.8) is 0 Å². The van der Waals surface area contributed by atoms with Crippen molar-refractivity contribution in [3.05, 3.63) is 17.8 Å². The first kappa shape index (κ1) is 15.3. The van der Waals surface area contributed by atoms with Gasteiger partial charge < -0.3 is 20.4 Å². The molecule has 0 atom stereocenters. The van der Waals surface area contributed by atoms with E-state index < -0.39 is 0 Å². The lowest BCUT2D eigenvalue weighted by atomic mass is 9.77. The van der Waals surface area contributed by atoms with Crippen molar-refractivity contribution in [2.24, 2.45) is 5.73 Å². The molecular weight excluding hydrogens is 253 g/mol. The van der Waals surface area contributed by atoms with Gasteiger partial charge in [0.05, 0.1) is 11.2 Å². The molecule has 0 radical (unpaired) electrons. The summed E-state index contributed by atoms with van der Waals surface area (Å²) in [5.41, 5.74) is 6.88. The Morgan fingerprint density at radius 2 is 1.85 bits per heavy atom. The molecule has 0 amide bonds. The molecule has 0 aliphatic carbocycles. The maximum Gasteiger partial charge on any atom is 0.496 e. The van der Waals surface area contributed by atoms with Crippen molar-refractivity contribution in [3.8, 4) is 0 Å². The van der Waals surface area contributed by atoms with Crippen LogP contribution in [0.1, 0.15) is 33.3 Å². The number of pyridine rings is 1. The molecule has 110 valence electrons. The summed E-state index contributed by atoms with van der Waals surface area (Å²) in [6, 6.07) is 2.00. The van der Waals surface area contributed by atoms with E-state index in [1.54, 1.807) is 0 Å². The van der Waals surface area contributed by atoms with Gasteiger partial charge >= 0.3 is 7.12 Å². The zero-order chi connectivity index (χ0) is 15.0. The third-order valence-corrected chi connectivity index (χ3v) is 4.11. The summed E-state index contributed by atoms with van der Waals surface area (Å²) in [7, 11) is -0.365. The van der Waals surface area contributed by atoms with Gasteiger partial charge in [-0.05, 0) is 46.2 Å². The lowest BCUT2D eigenvalue weighted by Gasteiger charge is -2.32. The van der Waals surface area contributed by atoms with Crippen LogP contribution in [0.4, 0.5) is 5.82 Å². The van der Waals surface area contributed by atoms with Crippen molar-refractivity contribution in [2.45, 2.75) is 45.8 Å². The maximum atomic E-state index is 6.05. The summed E-state index contributed by atoms with van der Waals surface area (Å²) in [5, 5.41) is 3.17. The molecule has 6 heteroatoms. The van der Waals surface area contributed by atoms with Gasteiger partial charge in [-0.1, -0.05) is 0 Å². The Morgan fingerprint density at radius 3 is 2.35 bits per heavy atom. The fraction of sp³-hybridized carbons (Fsp3) is 0.643. The summed E-state index contributed by atoms with van der Waals surface area (Å²) in [6.45, 7) is 11.5. The molecule has 0 saturated carbocycles. The third-order valence-electron chi connectivity index (χ3n) is 4.11. The van der Waals surface area contributed by atoms with Crippen molar-refractivity contribution >= 4 is 18.4 Å². The summed E-state index contributed by atoms with van der Waals surface area (Å²) < 4.78 is 12.1. The number of rotatable bonds is 4. The number of hydrogen-bond acceptors (Lipinski definition) is 5. The second-order valence-electron chi connectivity index (χ2n) is 6.23. The molecule has 2 rings (SSSR count). The minimum absolute atomic E-state index is 0.333. The van der Waals surface area contributed by atoms with Gasteiger partial charge in [0.2, 0.25) is 0 Å². The van der Waals surface area contributed by atoms with Crippen LogP contribution in [0.15, 0.2) is 12.3 Å². The van der Waals surface area contributed by atoms with Gasteiger partial charge in [-0.15, -0.1) is 0 Å². The fourth-order valence-electron chi connectivity index (χ4n) is 2.08. The Hall–Kier alpha value is -1.11. The van der Waals surface area contributed by atoms with Crippen LogP contribution in [-0.4, -0.2) is 36.4 Å². The maximum absolute atomic E-state index is 6.05. The van der Waals surface area contributed by atoms with Gasteiger partial charge in [-0.25, -0.2) is 4.98 Å². The molecule has 1 aliphatic heterocycles. The van der Waals surface area contributed by atoms with Crippen molar-refractivity contribution in [1.82, 2.24) is 4.98 Å². The Labute approximate surface area is 121 Å². The average molecular weight is 277 g/mol. The van der Waals surface area contributed by atoms with Gasteiger partial charge in [-0.2, -0.15) is 0 Å². The Balaban J connectivity index is 2.19. The van der Waals surface area contributed by atoms with Gasteiger partial charge in [0, 0.05) is 24.7 Å². The molecule has 1 aromatic rings. The van der Waals surface area contributed by atoms with E-state index in [2.05, 4.69) is 10.3 Å². The SMILES string of the molecule is Cc1cc(NCCN)ncc1B1OC(C)(C)C(C)(C)O1. The predicted octanol–water partition coefficient (Wildman–Crippen LogP) is 1.06. The first-order valence-corrected chi connectivity index (χ1v) is 7.03. The molecule has 1 aliphatic rings. The second-order valence-corrected chi connectivity index (χ2v) is 6.23. The molecule has 0 unspecified atom stereocenters. The van der Waals surface area contributed by atoms with Crippen LogP contribution < -0.4 is 16.5 Å². The Bertz CT molecular complexity index is 475. The topological polar surface area (TPSA) is 69.4 Å². The summed E-state index contributed by atoms with van der Waals surface area (Å²) in [6.07, 6.45) is 1.82. The number of aryl methyl sites for hydroxylation is 1. The zero-order valence-electron chi connectivity index (χ0n) is 13.0. The number of hydrogen-bond donors (Lipinski definition) is 2. The number of nitrogens with one attached hydrogen (secondary N) is 1. The molecule has 2 heterocycles. The minimum atomic E-state index is -0.365. The first-order valence-electron chi connectivity index (χ1n) is 7.03. The monoisotopic (exact) mass is 277 g/mol. The van der Waals surface area contributed by atoms with Crippen LogP contribution in [0.3, 0.4) is 0 Å². The normalized spacial score (nSPS) is 20.2. The highest BCUT2D eigenvalue weighted by Crippen LogP contribution is 2.36. The van der Waals surface area contributed by atoms with Crippen LogP contribution in [0.25, 0.3) is 0 Å². The molecule has 3 N–H and O–H groups in total. The van der Waals surface area contributed by atoms with Crippen molar-refractivity contribution in [2.75, 3.05) is 18.4 Å². The lowest BCUT2D eigenvalue weighted by Crippen LogP contribution is -2.41. The summed E-state index contributed by atoms with van der Waals surface area (Å²) in [5.74, 6) is 0.827. The molecule has 1 saturated heterocycles. The average Bonchev–Trinajstić information content (AvgIpc) is 2.55. The van der Waals surface area contributed by atoms with E-state index in [1.165, 1.54) is 0 Å². The van der Waals surface area contributed by atoms with E-state index >= 15 is 0 Å².